The van der Waals surface area contributed by atoms with Crippen LogP contribution in [0.4, 0.5) is 0 Å². The Morgan fingerprint density at radius 1 is 1.18 bits per heavy atom. The van der Waals surface area contributed by atoms with E-state index >= 15 is 0 Å². The number of primary amides is 1. The average molecular weight is 296 g/mol. The Hall–Kier alpha value is -2.20. The topological polar surface area (TPSA) is 65.2 Å². The van der Waals surface area contributed by atoms with Gasteiger partial charge in [0, 0.05) is 12.1 Å². The van der Waals surface area contributed by atoms with Crippen LogP contribution in [0.15, 0.2) is 48.7 Å². The van der Waals surface area contributed by atoms with Crippen molar-refractivity contribution in [3.63, 3.8) is 0 Å². The lowest BCUT2D eigenvalue weighted by Crippen LogP contribution is -2.22. The zero-order valence-electron chi connectivity index (χ0n) is 12.4. The number of carbonyl (C=O) groups excluding carboxylic acids is 1. The van der Waals surface area contributed by atoms with Gasteiger partial charge in [0.15, 0.2) is 0 Å². The van der Waals surface area contributed by atoms with E-state index < -0.39 is 5.91 Å². The first-order valence-corrected chi connectivity index (χ1v) is 7.66. The fourth-order valence-corrected chi connectivity index (χ4v) is 3.14. The minimum absolute atomic E-state index is 0.0909. The van der Waals surface area contributed by atoms with Crippen molar-refractivity contribution in [2.24, 2.45) is 5.73 Å². The second-order valence-corrected chi connectivity index (χ2v) is 5.67. The van der Waals surface area contributed by atoms with Gasteiger partial charge in [-0.2, -0.15) is 0 Å². The molecule has 0 saturated heterocycles. The molecule has 1 aromatic heterocycles. The SMILES string of the molecule is NC(=O)c1cccnc1[C@@H]1CCC[C@@H]1OCc1ccccc1. The third kappa shape index (κ3) is 3.17. The summed E-state index contributed by atoms with van der Waals surface area (Å²) in [7, 11) is 0. The van der Waals surface area contributed by atoms with Crippen LogP contribution in [0.3, 0.4) is 0 Å². The van der Waals surface area contributed by atoms with Crippen LogP contribution in [-0.4, -0.2) is 17.0 Å². The number of hydrogen-bond donors (Lipinski definition) is 1. The van der Waals surface area contributed by atoms with Gasteiger partial charge in [-0.25, -0.2) is 0 Å². The van der Waals surface area contributed by atoms with Crippen LogP contribution in [-0.2, 0) is 11.3 Å². The molecular weight excluding hydrogens is 276 g/mol. The molecule has 1 aliphatic rings. The van der Waals surface area contributed by atoms with Gasteiger partial charge in [0.1, 0.15) is 0 Å². The van der Waals surface area contributed by atoms with E-state index in [1.54, 1.807) is 18.3 Å². The van der Waals surface area contributed by atoms with Gasteiger partial charge < -0.3 is 10.5 Å². The summed E-state index contributed by atoms with van der Waals surface area (Å²) >= 11 is 0. The first-order chi connectivity index (χ1) is 10.8. The van der Waals surface area contributed by atoms with Gasteiger partial charge in [-0.15, -0.1) is 0 Å². The molecule has 1 aromatic carbocycles. The van der Waals surface area contributed by atoms with Crippen LogP contribution < -0.4 is 5.73 Å². The van der Waals surface area contributed by atoms with Crippen molar-refractivity contribution in [2.75, 3.05) is 0 Å². The highest BCUT2D eigenvalue weighted by molar-refractivity contribution is 5.94. The number of benzene rings is 1. The summed E-state index contributed by atoms with van der Waals surface area (Å²) in [6, 6.07) is 13.6. The Labute approximate surface area is 130 Å². The molecule has 1 heterocycles. The Morgan fingerprint density at radius 3 is 2.77 bits per heavy atom. The highest BCUT2D eigenvalue weighted by Gasteiger charge is 2.32. The largest absolute Gasteiger partial charge is 0.373 e. The van der Waals surface area contributed by atoms with Gasteiger partial charge in [0.2, 0.25) is 0 Å². The molecule has 4 nitrogen and oxygen atoms in total. The summed E-state index contributed by atoms with van der Waals surface area (Å²) in [4.78, 5) is 16.0. The van der Waals surface area contributed by atoms with Crippen LogP contribution in [0.25, 0.3) is 0 Å². The molecule has 2 N–H and O–H groups in total. The predicted octanol–water partition coefficient (Wildman–Crippen LogP) is 3.03. The van der Waals surface area contributed by atoms with Crippen molar-refractivity contribution >= 4 is 5.91 Å². The third-order valence-corrected chi connectivity index (χ3v) is 4.21. The molecule has 114 valence electrons. The van der Waals surface area contributed by atoms with Crippen molar-refractivity contribution in [1.29, 1.82) is 0 Å². The van der Waals surface area contributed by atoms with E-state index in [2.05, 4.69) is 17.1 Å². The van der Waals surface area contributed by atoms with Crippen LogP contribution in [0, 0.1) is 0 Å². The number of aromatic nitrogens is 1. The highest BCUT2D eigenvalue weighted by atomic mass is 16.5. The molecule has 2 aromatic rings. The maximum Gasteiger partial charge on any atom is 0.250 e. The fraction of sp³-hybridized carbons (Fsp3) is 0.333. The molecular formula is C18H20N2O2. The molecule has 22 heavy (non-hydrogen) atoms. The average Bonchev–Trinajstić information content (AvgIpc) is 3.02. The summed E-state index contributed by atoms with van der Waals surface area (Å²) in [5.74, 6) is -0.274. The minimum atomic E-state index is -0.420. The van der Waals surface area contributed by atoms with E-state index in [1.807, 2.05) is 18.2 Å². The number of nitrogens with two attached hydrogens (primary N) is 1. The van der Waals surface area contributed by atoms with Crippen molar-refractivity contribution < 1.29 is 9.53 Å². The second kappa shape index (κ2) is 6.71. The molecule has 0 aliphatic heterocycles. The van der Waals surface area contributed by atoms with Crippen molar-refractivity contribution in [2.45, 2.75) is 37.9 Å². The first-order valence-electron chi connectivity index (χ1n) is 7.66. The molecule has 4 heteroatoms. The maximum absolute atomic E-state index is 11.6. The smallest absolute Gasteiger partial charge is 0.250 e. The zero-order chi connectivity index (χ0) is 15.4. The van der Waals surface area contributed by atoms with E-state index in [0.717, 1.165) is 30.5 Å². The molecule has 1 amide bonds. The summed E-state index contributed by atoms with van der Waals surface area (Å²) in [6.07, 6.45) is 4.87. The molecule has 0 unspecified atom stereocenters. The second-order valence-electron chi connectivity index (χ2n) is 5.67. The summed E-state index contributed by atoms with van der Waals surface area (Å²) < 4.78 is 6.10. The highest BCUT2D eigenvalue weighted by Crippen LogP contribution is 2.37. The number of amides is 1. The lowest BCUT2D eigenvalue weighted by molar-refractivity contribution is 0.0334. The maximum atomic E-state index is 11.6. The van der Waals surface area contributed by atoms with E-state index in [9.17, 15) is 4.79 Å². The normalized spacial score (nSPS) is 20.9. The Kier molecular flexibility index (Phi) is 4.49. The number of rotatable bonds is 5. The summed E-state index contributed by atoms with van der Waals surface area (Å²) in [5, 5.41) is 0. The lowest BCUT2D eigenvalue weighted by Gasteiger charge is -2.21. The van der Waals surface area contributed by atoms with Crippen LogP contribution in [0.5, 0.6) is 0 Å². The van der Waals surface area contributed by atoms with Crippen molar-refractivity contribution in [3.05, 3.63) is 65.5 Å². The molecule has 2 atom stereocenters. The van der Waals surface area contributed by atoms with Crippen LogP contribution in [0.1, 0.15) is 46.8 Å². The van der Waals surface area contributed by atoms with Crippen LogP contribution in [0.2, 0.25) is 0 Å². The van der Waals surface area contributed by atoms with Gasteiger partial charge in [0.05, 0.1) is 24.0 Å². The zero-order valence-corrected chi connectivity index (χ0v) is 12.4. The molecule has 0 spiro atoms. The van der Waals surface area contributed by atoms with E-state index in [0.29, 0.717) is 12.2 Å². The summed E-state index contributed by atoms with van der Waals surface area (Å²) in [6.45, 7) is 0.584. The van der Waals surface area contributed by atoms with Gasteiger partial charge in [-0.05, 0) is 30.5 Å². The van der Waals surface area contributed by atoms with Gasteiger partial charge in [-0.3, -0.25) is 9.78 Å². The Morgan fingerprint density at radius 2 is 2.00 bits per heavy atom. The Bertz CT molecular complexity index is 643. The number of carbonyl (C=O) groups is 1. The quantitative estimate of drug-likeness (QED) is 0.922. The monoisotopic (exact) mass is 296 g/mol. The molecule has 3 rings (SSSR count). The molecule has 1 aliphatic carbocycles. The number of ether oxygens (including phenoxy) is 1. The third-order valence-electron chi connectivity index (χ3n) is 4.21. The van der Waals surface area contributed by atoms with E-state index in [4.69, 9.17) is 10.5 Å². The van der Waals surface area contributed by atoms with Gasteiger partial charge in [-0.1, -0.05) is 36.8 Å². The van der Waals surface area contributed by atoms with Gasteiger partial charge in [0.25, 0.3) is 5.91 Å². The first kappa shape index (κ1) is 14.7. The standard InChI is InChI=1S/C18H20N2O2/c19-18(21)15-9-5-11-20-17(15)14-8-4-10-16(14)22-12-13-6-2-1-3-7-13/h1-3,5-7,9,11,14,16H,4,8,10,12H2,(H2,19,21)/t14-,16+/m1/s1. The fourth-order valence-electron chi connectivity index (χ4n) is 3.14. The number of nitrogens with zero attached hydrogens (tertiary/aromatic N) is 1. The summed E-state index contributed by atoms with van der Waals surface area (Å²) in [5.41, 5.74) is 7.93. The number of pyridine rings is 1. The van der Waals surface area contributed by atoms with Gasteiger partial charge >= 0.3 is 0 Å². The van der Waals surface area contributed by atoms with Crippen LogP contribution >= 0.6 is 0 Å². The van der Waals surface area contributed by atoms with Crippen molar-refractivity contribution in [3.8, 4) is 0 Å². The molecule has 0 bridgehead atoms. The molecule has 1 saturated carbocycles. The van der Waals surface area contributed by atoms with E-state index in [1.165, 1.54) is 0 Å². The Balaban J connectivity index is 1.75. The predicted molar refractivity (Wildman–Crippen MR) is 84.4 cm³/mol. The lowest BCUT2D eigenvalue weighted by atomic mass is 9.96. The van der Waals surface area contributed by atoms with E-state index in [-0.39, 0.29) is 12.0 Å². The molecule has 1 fully saturated rings. The minimum Gasteiger partial charge on any atom is -0.373 e. The van der Waals surface area contributed by atoms with Crippen molar-refractivity contribution in [1.82, 2.24) is 4.98 Å². The number of hydrogen-bond acceptors (Lipinski definition) is 3. The molecule has 0 radical (unpaired) electrons.